The molecule has 0 aliphatic heterocycles. The molecular formula is C16H12P2. The molecule has 18 heavy (non-hydrogen) atoms. The molecule has 2 unspecified atom stereocenters. The van der Waals surface area contributed by atoms with Gasteiger partial charge in [0.15, 0.2) is 0 Å². The normalized spacial score (nSPS) is 12.2. The molecule has 4 aromatic rings. The topological polar surface area (TPSA) is 0 Å². The van der Waals surface area contributed by atoms with Crippen LogP contribution in [0.25, 0.3) is 32.1 Å². The Morgan fingerprint density at radius 2 is 1.00 bits per heavy atom. The molecule has 4 rings (SSSR count). The summed E-state index contributed by atoms with van der Waals surface area (Å²) in [7, 11) is 1.65. The number of fused-ring (bicyclic) bond motifs is 2. The lowest BCUT2D eigenvalue weighted by Crippen LogP contribution is -1.69. The maximum atomic E-state index is 2.38. The van der Waals surface area contributed by atoms with Crippen LogP contribution in [0.15, 0.2) is 60.1 Å². The van der Waals surface area contributed by atoms with Crippen LogP contribution in [0.4, 0.5) is 0 Å². The molecular weight excluding hydrogens is 254 g/mol. The van der Waals surface area contributed by atoms with Crippen molar-refractivity contribution in [2.45, 2.75) is 0 Å². The highest BCUT2D eigenvalue weighted by Gasteiger charge is 2.09. The summed E-state index contributed by atoms with van der Waals surface area (Å²) in [5, 5.41) is 8.84. The maximum absolute atomic E-state index is 2.38. The van der Waals surface area contributed by atoms with Crippen molar-refractivity contribution in [3.05, 3.63) is 60.1 Å². The largest absolute Gasteiger partial charge is 0.130 e. The van der Waals surface area contributed by atoms with Gasteiger partial charge in [-0.3, -0.25) is 0 Å². The van der Waals surface area contributed by atoms with E-state index >= 15 is 0 Å². The molecule has 0 spiro atoms. The summed E-state index contributed by atoms with van der Waals surface area (Å²) in [5.41, 5.74) is 0. The summed E-state index contributed by atoms with van der Waals surface area (Å²) >= 11 is 0. The first-order chi connectivity index (χ1) is 8.93. The number of hydrogen-bond donors (Lipinski definition) is 0. The highest BCUT2D eigenvalue weighted by atomic mass is 31.0. The highest BCUT2D eigenvalue weighted by Crippen LogP contribution is 2.46. The lowest BCUT2D eigenvalue weighted by atomic mass is 10.1. The average molecular weight is 266 g/mol. The molecule has 0 saturated heterocycles. The molecule has 0 radical (unpaired) electrons. The van der Waals surface area contributed by atoms with E-state index in [1.165, 1.54) is 21.5 Å². The Bertz CT molecular complexity index is 764. The third-order valence-corrected chi connectivity index (χ3v) is 6.23. The zero-order valence-electron chi connectivity index (χ0n) is 9.77. The summed E-state index contributed by atoms with van der Waals surface area (Å²) in [5.74, 6) is 4.76. The quantitative estimate of drug-likeness (QED) is 0.413. The maximum Gasteiger partial charge on any atom is 0.0104 e. The molecule has 0 amide bonds. The minimum Gasteiger partial charge on any atom is -0.130 e. The average Bonchev–Trinajstić information content (AvgIpc) is 3.01. The van der Waals surface area contributed by atoms with Crippen LogP contribution in [0.5, 0.6) is 0 Å². The van der Waals surface area contributed by atoms with Crippen LogP contribution in [0.1, 0.15) is 0 Å². The molecule has 0 fully saturated rings. The Morgan fingerprint density at radius 1 is 0.556 bits per heavy atom. The van der Waals surface area contributed by atoms with E-state index in [0.717, 1.165) is 16.4 Å². The molecule has 0 nitrogen and oxygen atoms in total. The molecule has 2 atom stereocenters. The summed E-state index contributed by atoms with van der Waals surface area (Å²) in [6, 6.07) is 17.5. The zero-order valence-corrected chi connectivity index (χ0v) is 11.8. The van der Waals surface area contributed by atoms with Crippen LogP contribution in [-0.2, 0) is 0 Å². The molecule has 0 N–H and O–H groups in total. The first-order valence-electron chi connectivity index (χ1n) is 6.06. The van der Waals surface area contributed by atoms with Crippen LogP contribution in [0.2, 0.25) is 0 Å². The summed E-state index contributed by atoms with van der Waals surface area (Å²) in [4.78, 5) is 0. The van der Waals surface area contributed by atoms with Crippen molar-refractivity contribution in [3.8, 4) is 10.6 Å². The Kier molecular flexibility index (Phi) is 2.33. The number of hydrogen-bond acceptors (Lipinski definition) is 0. The standard InChI is InChI=1S/C16H12P2/c1-3-7-13-11(5-1)9-17-15(13)16-14-8-4-2-6-12(14)10-18-16/h1-10,17-18H. The van der Waals surface area contributed by atoms with Crippen molar-refractivity contribution in [2.75, 3.05) is 0 Å². The fraction of sp³-hybridized carbons (Fsp3) is 0. The zero-order chi connectivity index (χ0) is 11.9. The monoisotopic (exact) mass is 266 g/mol. The van der Waals surface area contributed by atoms with Crippen LogP contribution in [0.3, 0.4) is 0 Å². The first kappa shape index (κ1) is 10.4. The van der Waals surface area contributed by atoms with Crippen LogP contribution in [-0.4, -0.2) is 0 Å². The Morgan fingerprint density at radius 3 is 1.50 bits per heavy atom. The Labute approximate surface area is 109 Å². The van der Waals surface area contributed by atoms with E-state index in [0.29, 0.717) is 0 Å². The van der Waals surface area contributed by atoms with Crippen molar-refractivity contribution in [2.24, 2.45) is 0 Å². The minimum absolute atomic E-state index is 0.825. The summed E-state index contributed by atoms with van der Waals surface area (Å²) in [6.07, 6.45) is 0. The van der Waals surface area contributed by atoms with Gasteiger partial charge in [-0.25, -0.2) is 0 Å². The van der Waals surface area contributed by atoms with Gasteiger partial charge in [0.25, 0.3) is 0 Å². The van der Waals surface area contributed by atoms with Crippen LogP contribution >= 0.6 is 16.4 Å². The van der Waals surface area contributed by atoms with Gasteiger partial charge in [0.1, 0.15) is 0 Å². The van der Waals surface area contributed by atoms with E-state index in [1.54, 1.807) is 10.6 Å². The van der Waals surface area contributed by atoms with E-state index in [2.05, 4.69) is 60.1 Å². The Hall–Kier alpha value is -1.48. The molecule has 86 valence electrons. The summed E-state index contributed by atoms with van der Waals surface area (Å²) < 4.78 is 0. The van der Waals surface area contributed by atoms with Gasteiger partial charge in [0.2, 0.25) is 0 Å². The van der Waals surface area contributed by atoms with Gasteiger partial charge in [-0.15, -0.1) is 16.4 Å². The van der Waals surface area contributed by atoms with E-state index in [1.807, 2.05) is 0 Å². The van der Waals surface area contributed by atoms with E-state index in [4.69, 9.17) is 0 Å². The minimum atomic E-state index is 0.825. The van der Waals surface area contributed by atoms with Gasteiger partial charge in [0, 0.05) is 10.6 Å². The Balaban J connectivity index is 2.08. The fourth-order valence-corrected chi connectivity index (χ4v) is 5.43. The molecule has 2 heterocycles. The van der Waals surface area contributed by atoms with Gasteiger partial charge < -0.3 is 0 Å². The van der Waals surface area contributed by atoms with Crippen molar-refractivity contribution in [3.63, 3.8) is 0 Å². The predicted molar refractivity (Wildman–Crippen MR) is 85.9 cm³/mol. The second-order valence-electron chi connectivity index (χ2n) is 4.50. The van der Waals surface area contributed by atoms with Crippen molar-refractivity contribution < 1.29 is 0 Å². The van der Waals surface area contributed by atoms with Crippen LogP contribution < -0.4 is 0 Å². The van der Waals surface area contributed by atoms with E-state index in [9.17, 15) is 0 Å². The molecule has 0 aliphatic carbocycles. The molecule has 0 bridgehead atoms. The third kappa shape index (κ3) is 1.47. The van der Waals surface area contributed by atoms with Gasteiger partial charge in [0.05, 0.1) is 0 Å². The van der Waals surface area contributed by atoms with Gasteiger partial charge in [-0.05, 0) is 33.1 Å². The van der Waals surface area contributed by atoms with Gasteiger partial charge >= 0.3 is 0 Å². The van der Waals surface area contributed by atoms with E-state index in [-0.39, 0.29) is 0 Å². The number of rotatable bonds is 1. The fourth-order valence-electron chi connectivity index (χ4n) is 2.57. The van der Waals surface area contributed by atoms with Crippen molar-refractivity contribution in [1.29, 1.82) is 0 Å². The van der Waals surface area contributed by atoms with Gasteiger partial charge in [-0.2, -0.15) is 0 Å². The molecule has 2 heteroatoms. The summed E-state index contributed by atoms with van der Waals surface area (Å²) in [6.45, 7) is 0. The van der Waals surface area contributed by atoms with Crippen LogP contribution in [0, 0.1) is 0 Å². The first-order valence-corrected chi connectivity index (χ1v) is 8.21. The SMILES string of the molecule is c1ccc2c(-c3[pH]cc4ccccc34)[pH]cc2c1. The second kappa shape index (κ2) is 4.02. The third-order valence-electron chi connectivity index (χ3n) is 3.45. The lowest BCUT2D eigenvalue weighted by molar-refractivity contribution is 1.83. The molecule has 0 aliphatic rings. The second-order valence-corrected chi connectivity index (χ2v) is 6.66. The van der Waals surface area contributed by atoms with Crippen molar-refractivity contribution >= 4 is 37.9 Å². The molecule has 2 aromatic carbocycles. The molecule has 2 aromatic heterocycles. The van der Waals surface area contributed by atoms with Crippen molar-refractivity contribution in [1.82, 2.24) is 0 Å². The number of benzene rings is 2. The smallest absolute Gasteiger partial charge is 0.0104 e. The lowest BCUT2D eigenvalue weighted by Gasteiger charge is -1.99. The predicted octanol–water partition coefficient (Wildman–Crippen LogP) is 5.72. The highest BCUT2D eigenvalue weighted by molar-refractivity contribution is 7.41. The van der Waals surface area contributed by atoms with Gasteiger partial charge in [-0.1, -0.05) is 48.5 Å². The van der Waals surface area contributed by atoms with E-state index < -0.39 is 0 Å². The molecule has 0 saturated carbocycles.